The minimum atomic E-state index is -2.05. The Morgan fingerprint density at radius 2 is 1.66 bits per heavy atom. The van der Waals surface area contributed by atoms with E-state index in [1.54, 1.807) is 7.11 Å². The molecular formula is C39H68O9Si2. The summed E-state index contributed by atoms with van der Waals surface area (Å²) in [5.41, 5.74) is 1.75. The Morgan fingerprint density at radius 1 is 1.02 bits per heavy atom. The molecule has 0 N–H and O–H groups in total. The third-order valence-corrected chi connectivity index (χ3v) is 21.5. The van der Waals surface area contributed by atoms with E-state index in [0.717, 1.165) is 54.1 Å². The summed E-state index contributed by atoms with van der Waals surface area (Å²) in [6.45, 7) is 28.9. The Hall–Kier alpha value is -1.61. The van der Waals surface area contributed by atoms with Crippen molar-refractivity contribution < 1.29 is 42.1 Å². The largest absolute Gasteiger partial charge is 0.456 e. The molecule has 0 aromatic carbocycles. The Balaban J connectivity index is 2.13. The van der Waals surface area contributed by atoms with Crippen molar-refractivity contribution >= 4 is 28.6 Å². The van der Waals surface area contributed by atoms with Gasteiger partial charge >= 0.3 is 11.9 Å². The van der Waals surface area contributed by atoms with Crippen molar-refractivity contribution in [3.8, 4) is 0 Å². The van der Waals surface area contributed by atoms with Crippen LogP contribution in [0.25, 0.3) is 0 Å². The van der Waals surface area contributed by atoms with Gasteiger partial charge in [-0.3, -0.25) is 9.59 Å². The van der Waals surface area contributed by atoms with E-state index in [1.165, 1.54) is 13.8 Å². The van der Waals surface area contributed by atoms with Crippen LogP contribution in [0, 0.1) is 11.3 Å². The van der Waals surface area contributed by atoms with Gasteiger partial charge in [0, 0.05) is 32.3 Å². The molecule has 11 heteroatoms. The Kier molecular flexibility index (Phi) is 15.0. The normalized spacial score (nSPS) is 27.0. The lowest BCUT2D eigenvalue weighted by atomic mass is 9.60. The van der Waals surface area contributed by atoms with E-state index in [-0.39, 0.29) is 35.9 Å². The van der Waals surface area contributed by atoms with Crippen LogP contribution in [0.3, 0.4) is 0 Å². The van der Waals surface area contributed by atoms with Crippen molar-refractivity contribution in [2.45, 2.75) is 155 Å². The number of carbonyl (C=O) groups is 2. The van der Waals surface area contributed by atoms with Crippen molar-refractivity contribution in [1.29, 1.82) is 0 Å². The maximum atomic E-state index is 12.7. The van der Waals surface area contributed by atoms with Crippen LogP contribution in [0.5, 0.6) is 0 Å². The summed E-state index contributed by atoms with van der Waals surface area (Å²) in [6, 6.07) is 2.83. The maximum absolute atomic E-state index is 12.7. The first kappa shape index (κ1) is 42.8. The Bertz CT molecular complexity index is 1240. The predicted octanol–water partition coefficient (Wildman–Crippen LogP) is 8.66. The van der Waals surface area contributed by atoms with Gasteiger partial charge in [0.05, 0.1) is 31.5 Å². The number of carbonyl (C=O) groups excluding carboxylic acids is 2. The molecule has 0 aliphatic heterocycles. The van der Waals surface area contributed by atoms with E-state index >= 15 is 0 Å². The van der Waals surface area contributed by atoms with Gasteiger partial charge in [-0.25, -0.2) is 0 Å². The average Bonchev–Trinajstić information content (AvgIpc) is 3.29. The molecule has 0 aromatic rings. The van der Waals surface area contributed by atoms with Gasteiger partial charge in [-0.05, 0) is 91.2 Å². The van der Waals surface area contributed by atoms with Crippen molar-refractivity contribution in [1.82, 2.24) is 0 Å². The summed E-state index contributed by atoms with van der Waals surface area (Å²) in [7, 11) is -2.44. The van der Waals surface area contributed by atoms with Crippen LogP contribution >= 0.6 is 0 Å². The molecule has 3 aliphatic rings. The average molecular weight is 737 g/mol. The van der Waals surface area contributed by atoms with Gasteiger partial charge in [-0.1, -0.05) is 61.1 Å². The van der Waals surface area contributed by atoms with E-state index in [4.69, 9.17) is 32.5 Å². The fraction of sp³-hybridized carbons (Fsp3) is 0.795. The Labute approximate surface area is 305 Å². The highest BCUT2D eigenvalue weighted by Gasteiger charge is 2.61. The number of fused-ring (bicyclic) bond motifs is 3. The number of methoxy groups -OCH3 is 1. The topological polar surface area (TPSA) is 98.8 Å². The van der Waals surface area contributed by atoms with Crippen molar-refractivity contribution in [3.63, 3.8) is 0 Å². The molecule has 0 spiro atoms. The molecule has 0 saturated heterocycles. The number of hydrogen-bond acceptors (Lipinski definition) is 9. The van der Waals surface area contributed by atoms with Gasteiger partial charge in [0.1, 0.15) is 6.79 Å². The minimum absolute atomic E-state index is 0.0969. The highest BCUT2D eigenvalue weighted by atomic mass is 28.4. The summed E-state index contributed by atoms with van der Waals surface area (Å²) in [4.78, 5) is 25.2. The first-order valence-electron chi connectivity index (χ1n) is 18.8. The van der Waals surface area contributed by atoms with E-state index in [2.05, 4.69) is 80.3 Å². The lowest BCUT2D eigenvalue weighted by Gasteiger charge is -2.52. The van der Waals surface area contributed by atoms with Crippen molar-refractivity contribution in [2.24, 2.45) is 11.3 Å². The second-order valence-electron chi connectivity index (χ2n) is 16.4. The number of allylic oxidation sites excluding steroid dienone is 1. The van der Waals surface area contributed by atoms with Gasteiger partial charge in [0.15, 0.2) is 28.8 Å². The van der Waals surface area contributed by atoms with Crippen LogP contribution in [0.15, 0.2) is 35.5 Å². The molecule has 0 aromatic heterocycles. The number of hydrogen-bond donors (Lipinski definition) is 0. The molecule has 3 rings (SSSR count). The standard InChI is InChI=1S/C39H68O9Si2/c1-14-50(15-2,16-3)45-26-33(46-29(5)40)36(47-30(6)41)32-25-31-20-21-38(10)34(17-18-35(38)48-49(12,13)37(7,8)9)39(31,22-19-28(32)4)44-27-43-24-23-42-11/h20,25,33-36H,4,14-19,21-24,26-27H2,1-3,5-13H3/t33-,34-,35+,36-,38+,39-/m1/s1. The number of esters is 2. The highest BCUT2D eigenvalue weighted by molar-refractivity contribution is 6.74. The quantitative estimate of drug-likeness (QED) is 0.0593. The van der Waals surface area contributed by atoms with Gasteiger partial charge in [0.2, 0.25) is 0 Å². The molecule has 1 saturated carbocycles. The summed E-state index contributed by atoms with van der Waals surface area (Å²) in [6.07, 6.45) is 6.80. The van der Waals surface area contributed by atoms with Crippen LogP contribution in [0.1, 0.15) is 94.4 Å². The molecule has 286 valence electrons. The second kappa shape index (κ2) is 17.5. The van der Waals surface area contributed by atoms with Crippen molar-refractivity contribution in [2.75, 3.05) is 33.7 Å². The first-order valence-corrected chi connectivity index (χ1v) is 24.3. The third-order valence-electron chi connectivity index (χ3n) is 12.4. The third kappa shape index (κ3) is 9.49. The zero-order valence-electron chi connectivity index (χ0n) is 33.3. The van der Waals surface area contributed by atoms with E-state index in [0.29, 0.717) is 26.1 Å². The SMILES string of the molecule is C=C1CC[C@@]2(OCOCCOC)C(=CC[C@]3(C)[C@@H](O[Si](C)(C)C(C)(C)C)CC[C@H]32)C=C1[C@@H](OC(C)=O)[C@@H](CO[Si](CC)(CC)CC)OC(C)=O. The zero-order chi connectivity index (χ0) is 37.5. The first-order chi connectivity index (χ1) is 23.3. The molecule has 0 heterocycles. The lowest BCUT2D eigenvalue weighted by molar-refractivity contribution is -0.175. The van der Waals surface area contributed by atoms with Gasteiger partial charge in [-0.15, -0.1) is 0 Å². The Morgan fingerprint density at radius 3 is 2.22 bits per heavy atom. The molecule has 0 bridgehead atoms. The number of ether oxygens (including phenoxy) is 5. The molecular weight excluding hydrogens is 669 g/mol. The lowest BCUT2D eigenvalue weighted by Crippen LogP contribution is -2.55. The van der Waals surface area contributed by atoms with Crippen LogP contribution in [0.4, 0.5) is 0 Å². The molecule has 0 radical (unpaired) electrons. The van der Waals surface area contributed by atoms with Gasteiger partial charge in [0.25, 0.3) is 0 Å². The molecule has 3 aliphatic carbocycles. The molecule has 9 nitrogen and oxygen atoms in total. The minimum Gasteiger partial charge on any atom is -0.456 e. The molecule has 6 atom stereocenters. The molecule has 0 amide bonds. The van der Waals surface area contributed by atoms with E-state index < -0.39 is 46.4 Å². The molecule has 50 heavy (non-hydrogen) atoms. The second-order valence-corrected chi connectivity index (χ2v) is 25.9. The molecule has 1 fully saturated rings. The summed E-state index contributed by atoms with van der Waals surface area (Å²) < 4.78 is 43.9. The summed E-state index contributed by atoms with van der Waals surface area (Å²) >= 11 is 0. The van der Waals surface area contributed by atoms with Crippen LogP contribution < -0.4 is 0 Å². The smallest absolute Gasteiger partial charge is 0.303 e. The summed E-state index contributed by atoms with van der Waals surface area (Å²) in [5.74, 6) is -0.760. The maximum Gasteiger partial charge on any atom is 0.303 e. The van der Waals surface area contributed by atoms with E-state index in [9.17, 15) is 9.59 Å². The number of rotatable bonds is 18. The van der Waals surface area contributed by atoms with Crippen LogP contribution in [-0.4, -0.2) is 86.2 Å². The van der Waals surface area contributed by atoms with Gasteiger partial charge < -0.3 is 32.5 Å². The van der Waals surface area contributed by atoms with Crippen LogP contribution in [0.2, 0.25) is 36.3 Å². The van der Waals surface area contributed by atoms with Crippen molar-refractivity contribution in [3.05, 3.63) is 35.5 Å². The van der Waals surface area contributed by atoms with Crippen LogP contribution in [-0.2, 0) is 42.1 Å². The summed E-state index contributed by atoms with van der Waals surface area (Å²) in [5, 5.41) is 0.0969. The highest BCUT2D eigenvalue weighted by Crippen LogP contribution is 2.61. The fourth-order valence-electron chi connectivity index (χ4n) is 8.04. The fourth-order valence-corrected chi connectivity index (χ4v) is 12.1. The molecule has 0 unspecified atom stereocenters. The monoisotopic (exact) mass is 736 g/mol. The predicted molar refractivity (Wildman–Crippen MR) is 203 cm³/mol. The van der Waals surface area contributed by atoms with E-state index in [1.807, 2.05) is 0 Å². The van der Waals surface area contributed by atoms with Gasteiger partial charge in [-0.2, -0.15) is 0 Å². The zero-order valence-corrected chi connectivity index (χ0v) is 35.3.